The molecule has 5 rings (SSSR count). The normalized spacial score (nSPS) is 14.0. The van der Waals surface area contributed by atoms with Gasteiger partial charge in [-0.2, -0.15) is 5.10 Å². The van der Waals surface area contributed by atoms with Gasteiger partial charge in [0.05, 0.1) is 15.7 Å². The number of aromatic hydroxyl groups is 1. The summed E-state index contributed by atoms with van der Waals surface area (Å²) in [4.78, 5) is 23.2. The van der Waals surface area contributed by atoms with Gasteiger partial charge in [-0.25, -0.2) is 9.67 Å². The second-order valence-corrected chi connectivity index (χ2v) is 10.2. The Morgan fingerprint density at radius 2 is 1.81 bits per heavy atom. The number of rotatable bonds is 6. The molecule has 0 amide bonds. The van der Waals surface area contributed by atoms with E-state index in [9.17, 15) is 9.90 Å². The highest BCUT2D eigenvalue weighted by Crippen LogP contribution is 2.32. The van der Waals surface area contributed by atoms with E-state index in [1.54, 1.807) is 28.9 Å². The molecule has 190 valence electrons. The minimum atomic E-state index is -0.266. The number of H-pyrrole nitrogens is 1. The van der Waals surface area contributed by atoms with Gasteiger partial charge < -0.3 is 10.1 Å². The van der Waals surface area contributed by atoms with Gasteiger partial charge in [0.25, 0.3) is 5.56 Å². The Balaban J connectivity index is 0.00000304. The molecule has 3 heterocycles. The van der Waals surface area contributed by atoms with Crippen molar-refractivity contribution >= 4 is 46.6 Å². The van der Waals surface area contributed by atoms with Gasteiger partial charge in [0.1, 0.15) is 22.6 Å². The maximum Gasteiger partial charge on any atom is 0.262 e. The van der Waals surface area contributed by atoms with Crippen LogP contribution in [-0.4, -0.2) is 42.8 Å². The third kappa shape index (κ3) is 5.11. The molecule has 0 spiro atoms. The number of hydrogen-bond acceptors (Lipinski definition) is 5. The van der Waals surface area contributed by atoms with Gasteiger partial charge in [-0.05, 0) is 55.6 Å². The molecular weight excluding hydrogens is 521 g/mol. The number of hydrogen-bond donors (Lipinski definition) is 2. The fourth-order valence-corrected chi connectivity index (χ4v) is 5.22. The SMILES string of the molecule is CC(C)c1nn(-c2c(Cl)cccc2Cl)c2nc(Cc3ccc(CN4CCCC4)c(O)c3)[nH]c(=O)c12.Cl. The molecule has 0 aliphatic carbocycles. The van der Waals surface area contributed by atoms with Gasteiger partial charge in [-0.3, -0.25) is 9.69 Å². The summed E-state index contributed by atoms with van der Waals surface area (Å²) in [5.74, 6) is 0.718. The summed E-state index contributed by atoms with van der Waals surface area (Å²) in [5, 5.41) is 16.5. The van der Waals surface area contributed by atoms with Crippen LogP contribution in [0.15, 0.2) is 41.2 Å². The first-order valence-electron chi connectivity index (χ1n) is 11.8. The zero-order chi connectivity index (χ0) is 24.7. The standard InChI is InChI=1S/C26H27Cl2N5O2.ClH/c1-15(2)23-22-25(33(31-23)24-18(27)6-5-7-19(24)28)29-21(30-26(22)35)13-16-8-9-17(20(34)12-16)14-32-10-3-4-11-32;/h5-9,12,15,34H,3-4,10-11,13-14H2,1-2H3,(H,29,30,35);1H. The third-order valence-electron chi connectivity index (χ3n) is 6.42. The lowest BCUT2D eigenvalue weighted by molar-refractivity contribution is 0.324. The van der Waals surface area contributed by atoms with E-state index in [0.717, 1.165) is 30.8 Å². The van der Waals surface area contributed by atoms with E-state index in [4.69, 9.17) is 28.2 Å². The summed E-state index contributed by atoms with van der Waals surface area (Å²) in [5.41, 5.74) is 3.00. The lowest BCUT2D eigenvalue weighted by atomic mass is 10.1. The molecule has 0 unspecified atom stereocenters. The van der Waals surface area contributed by atoms with E-state index in [2.05, 4.69) is 15.0 Å². The lowest BCUT2D eigenvalue weighted by Gasteiger charge is -2.16. The van der Waals surface area contributed by atoms with Crippen LogP contribution in [-0.2, 0) is 13.0 Å². The van der Waals surface area contributed by atoms with Crippen molar-refractivity contribution in [3.05, 3.63) is 79.4 Å². The number of phenolic OH excluding ortho intramolecular Hbond substituents is 1. The quantitative estimate of drug-likeness (QED) is 0.315. The largest absolute Gasteiger partial charge is 0.508 e. The second-order valence-electron chi connectivity index (χ2n) is 9.36. The van der Waals surface area contributed by atoms with Crippen LogP contribution in [0, 0.1) is 0 Å². The number of fused-ring (bicyclic) bond motifs is 1. The molecule has 1 aliphatic heterocycles. The van der Waals surface area contributed by atoms with E-state index in [1.807, 2.05) is 26.0 Å². The summed E-state index contributed by atoms with van der Waals surface area (Å²) in [6.45, 7) is 6.81. The number of aromatic nitrogens is 4. The minimum Gasteiger partial charge on any atom is -0.508 e. The van der Waals surface area contributed by atoms with Gasteiger partial charge in [0, 0.05) is 18.5 Å². The predicted octanol–water partition coefficient (Wildman–Crippen LogP) is 5.85. The Bertz CT molecular complexity index is 1440. The highest BCUT2D eigenvalue weighted by molar-refractivity contribution is 6.37. The molecule has 36 heavy (non-hydrogen) atoms. The topological polar surface area (TPSA) is 87.0 Å². The molecule has 0 saturated carbocycles. The van der Waals surface area contributed by atoms with Crippen molar-refractivity contribution in [2.45, 2.75) is 45.6 Å². The zero-order valence-corrected chi connectivity index (χ0v) is 22.4. The number of nitrogens with zero attached hydrogens (tertiary/aromatic N) is 4. The van der Waals surface area contributed by atoms with E-state index in [1.165, 1.54) is 12.8 Å². The molecule has 1 aliphatic rings. The fourth-order valence-electron chi connectivity index (χ4n) is 4.66. The van der Waals surface area contributed by atoms with Crippen molar-refractivity contribution in [3.63, 3.8) is 0 Å². The number of nitrogens with one attached hydrogen (secondary N) is 1. The fraction of sp³-hybridized carbons (Fsp3) is 0.346. The maximum absolute atomic E-state index is 13.2. The molecule has 10 heteroatoms. The average Bonchev–Trinajstić information content (AvgIpc) is 3.44. The van der Waals surface area contributed by atoms with Crippen LogP contribution in [0.1, 0.15) is 55.3 Å². The van der Waals surface area contributed by atoms with Crippen molar-refractivity contribution in [1.82, 2.24) is 24.6 Å². The van der Waals surface area contributed by atoms with Crippen LogP contribution in [0.5, 0.6) is 5.75 Å². The van der Waals surface area contributed by atoms with Crippen molar-refractivity contribution in [1.29, 1.82) is 0 Å². The number of likely N-dealkylation sites (tertiary alicyclic amines) is 1. The summed E-state index contributed by atoms with van der Waals surface area (Å²) in [6.07, 6.45) is 2.75. The van der Waals surface area contributed by atoms with Crippen molar-refractivity contribution in [2.24, 2.45) is 0 Å². The molecule has 1 fully saturated rings. The van der Waals surface area contributed by atoms with Crippen LogP contribution >= 0.6 is 35.6 Å². The summed E-state index contributed by atoms with van der Waals surface area (Å²) >= 11 is 12.9. The highest BCUT2D eigenvalue weighted by atomic mass is 35.5. The zero-order valence-electron chi connectivity index (χ0n) is 20.1. The number of phenols is 1. The Labute approximate surface area is 225 Å². The molecule has 4 aromatic rings. The highest BCUT2D eigenvalue weighted by Gasteiger charge is 2.22. The lowest BCUT2D eigenvalue weighted by Crippen LogP contribution is -2.18. The number of halogens is 3. The van der Waals surface area contributed by atoms with Gasteiger partial charge in [-0.1, -0.05) is 55.2 Å². The van der Waals surface area contributed by atoms with Crippen LogP contribution in [0.2, 0.25) is 10.0 Å². The van der Waals surface area contributed by atoms with Crippen LogP contribution in [0.4, 0.5) is 0 Å². The summed E-state index contributed by atoms with van der Waals surface area (Å²) in [7, 11) is 0. The van der Waals surface area contributed by atoms with E-state index < -0.39 is 0 Å². The number of aromatic amines is 1. The van der Waals surface area contributed by atoms with Crippen molar-refractivity contribution < 1.29 is 5.11 Å². The molecule has 2 aromatic carbocycles. The second kappa shape index (κ2) is 10.8. The van der Waals surface area contributed by atoms with Crippen LogP contribution in [0.25, 0.3) is 16.7 Å². The number of para-hydroxylation sites is 1. The first kappa shape index (κ1) is 26.5. The molecule has 0 atom stereocenters. The van der Waals surface area contributed by atoms with Gasteiger partial charge in [0.15, 0.2) is 5.65 Å². The van der Waals surface area contributed by atoms with E-state index in [-0.39, 0.29) is 29.6 Å². The van der Waals surface area contributed by atoms with Crippen molar-refractivity contribution in [2.75, 3.05) is 13.1 Å². The molecule has 0 radical (unpaired) electrons. The van der Waals surface area contributed by atoms with E-state index >= 15 is 0 Å². The van der Waals surface area contributed by atoms with Crippen LogP contribution < -0.4 is 5.56 Å². The smallest absolute Gasteiger partial charge is 0.262 e. The van der Waals surface area contributed by atoms with Crippen LogP contribution in [0.3, 0.4) is 0 Å². The maximum atomic E-state index is 13.2. The van der Waals surface area contributed by atoms with Gasteiger partial charge in [-0.15, -0.1) is 12.4 Å². The summed E-state index contributed by atoms with van der Waals surface area (Å²) < 4.78 is 1.56. The third-order valence-corrected chi connectivity index (χ3v) is 7.03. The van der Waals surface area contributed by atoms with E-state index in [0.29, 0.717) is 44.7 Å². The molecule has 1 saturated heterocycles. The Hall–Kier alpha value is -2.58. The Morgan fingerprint density at radius 3 is 2.44 bits per heavy atom. The number of benzene rings is 2. The Morgan fingerprint density at radius 1 is 1.11 bits per heavy atom. The first-order valence-corrected chi connectivity index (χ1v) is 12.6. The summed E-state index contributed by atoms with van der Waals surface area (Å²) in [6, 6.07) is 10.9. The molecule has 7 nitrogen and oxygen atoms in total. The minimum absolute atomic E-state index is 0. The predicted molar refractivity (Wildman–Crippen MR) is 146 cm³/mol. The van der Waals surface area contributed by atoms with Gasteiger partial charge in [0.2, 0.25) is 0 Å². The first-order chi connectivity index (χ1) is 16.8. The Kier molecular flexibility index (Phi) is 7.95. The average molecular weight is 549 g/mol. The molecule has 2 aromatic heterocycles. The molecular formula is C26H28Cl3N5O2. The van der Waals surface area contributed by atoms with Crippen molar-refractivity contribution in [3.8, 4) is 11.4 Å². The van der Waals surface area contributed by atoms with Gasteiger partial charge >= 0.3 is 0 Å². The monoisotopic (exact) mass is 547 g/mol. The molecule has 0 bridgehead atoms. The molecule has 2 N–H and O–H groups in total.